The predicted molar refractivity (Wildman–Crippen MR) is 90.7 cm³/mol. The van der Waals surface area contributed by atoms with Gasteiger partial charge in [0.25, 0.3) is 0 Å². The number of primary amides is 1. The van der Waals surface area contributed by atoms with Gasteiger partial charge in [-0.3, -0.25) is 4.79 Å². The minimum Gasteiger partial charge on any atom is -0.417 e. The fraction of sp³-hybridized carbons (Fsp3) is 0.938. The summed E-state index contributed by atoms with van der Waals surface area (Å²) in [5, 5.41) is 0.296. The van der Waals surface area contributed by atoms with Crippen LogP contribution in [0.1, 0.15) is 46.5 Å². The summed E-state index contributed by atoms with van der Waals surface area (Å²) in [6.45, 7) is 15.6. The van der Waals surface area contributed by atoms with Crippen LogP contribution in [0.5, 0.6) is 0 Å². The number of unbranched alkanes of at least 4 members (excludes halogenated alkanes) is 1. The van der Waals surface area contributed by atoms with Crippen LogP contribution in [0.4, 0.5) is 0 Å². The van der Waals surface area contributed by atoms with Crippen LogP contribution in [-0.4, -0.2) is 45.4 Å². The van der Waals surface area contributed by atoms with Gasteiger partial charge in [0, 0.05) is 19.6 Å². The number of hydrogen-bond donors (Lipinski definition) is 1. The van der Waals surface area contributed by atoms with Gasteiger partial charge in [0.05, 0.1) is 0 Å². The molecule has 21 heavy (non-hydrogen) atoms. The molecule has 0 aliphatic carbocycles. The third kappa shape index (κ3) is 6.49. The molecule has 1 aliphatic heterocycles. The van der Waals surface area contributed by atoms with Crippen LogP contribution >= 0.6 is 0 Å². The van der Waals surface area contributed by atoms with E-state index < -0.39 is 8.32 Å². The number of likely N-dealkylation sites (tertiary alicyclic amines) is 1. The van der Waals surface area contributed by atoms with Crippen LogP contribution in [0.15, 0.2) is 0 Å². The Morgan fingerprint density at radius 1 is 1.33 bits per heavy atom. The Labute approximate surface area is 131 Å². The van der Waals surface area contributed by atoms with E-state index in [2.05, 4.69) is 38.8 Å². The highest BCUT2D eigenvalue weighted by Crippen LogP contribution is 2.36. The molecule has 1 fully saturated rings. The second kappa shape index (κ2) is 7.74. The molecule has 0 spiro atoms. The number of rotatable bonds is 8. The second-order valence-electron chi connectivity index (χ2n) is 7.94. The van der Waals surface area contributed by atoms with E-state index >= 15 is 0 Å². The summed E-state index contributed by atoms with van der Waals surface area (Å²) < 4.78 is 6.19. The maximum Gasteiger partial charge on any atom is 0.217 e. The summed E-state index contributed by atoms with van der Waals surface area (Å²) >= 11 is 0. The molecule has 124 valence electrons. The third-order valence-corrected chi connectivity index (χ3v) is 9.54. The summed E-state index contributed by atoms with van der Waals surface area (Å²) in [4.78, 5) is 13.4. The SMILES string of the molecule is CC(C)(C)[Si](C)(C)OCCCCN1CCC(CC(N)=O)C1. The average Bonchev–Trinajstić information content (AvgIpc) is 2.73. The number of carbonyl (C=O) groups excluding carboxylic acids is 1. The van der Waals surface area contributed by atoms with Crippen molar-refractivity contribution in [1.82, 2.24) is 4.90 Å². The molecular formula is C16H34N2O2Si. The number of nitrogens with zero attached hydrogens (tertiary/aromatic N) is 1. The van der Waals surface area contributed by atoms with E-state index in [0.717, 1.165) is 39.1 Å². The molecule has 1 unspecified atom stereocenters. The van der Waals surface area contributed by atoms with E-state index in [4.69, 9.17) is 10.2 Å². The number of nitrogens with two attached hydrogens (primary N) is 1. The Morgan fingerprint density at radius 2 is 2.00 bits per heavy atom. The molecule has 1 amide bonds. The van der Waals surface area contributed by atoms with Crippen LogP contribution < -0.4 is 5.73 Å². The summed E-state index contributed by atoms with van der Waals surface area (Å²) in [6, 6.07) is 0. The average molecular weight is 315 g/mol. The van der Waals surface area contributed by atoms with Gasteiger partial charge in [-0.2, -0.15) is 0 Å². The zero-order valence-corrected chi connectivity index (χ0v) is 15.6. The third-order valence-electron chi connectivity index (χ3n) is 5.00. The van der Waals surface area contributed by atoms with Crippen molar-refractivity contribution >= 4 is 14.2 Å². The fourth-order valence-electron chi connectivity index (χ4n) is 2.55. The van der Waals surface area contributed by atoms with Gasteiger partial charge < -0.3 is 15.1 Å². The van der Waals surface area contributed by atoms with Crippen molar-refractivity contribution in [2.24, 2.45) is 11.7 Å². The molecule has 0 bridgehead atoms. The number of amides is 1. The first kappa shape index (κ1) is 18.7. The van der Waals surface area contributed by atoms with E-state index in [1.165, 1.54) is 6.42 Å². The van der Waals surface area contributed by atoms with Crippen molar-refractivity contribution in [2.45, 2.75) is 64.6 Å². The van der Waals surface area contributed by atoms with E-state index in [-0.39, 0.29) is 5.91 Å². The van der Waals surface area contributed by atoms with E-state index in [1.807, 2.05) is 0 Å². The molecule has 1 saturated heterocycles. The maximum atomic E-state index is 10.9. The van der Waals surface area contributed by atoms with E-state index in [0.29, 0.717) is 17.4 Å². The minimum atomic E-state index is -1.58. The summed E-state index contributed by atoms with van der Waals surface area (Å²) in [6.07, 6.45) is 3.97. The van der Waals surface area contributed by atoms with Gasteiger partial charge in [0.15, 0.2) is 8.32 Å². The van der Waals surface area contributed by atoms with Crippen molar-refractivity contribution in [1.29, 1.82) is 0 Å². The molecule has 1 heterocycles. The highest BCUT2D eigenvalue weighted by atomic mass is 28.4. The lowest BCUT2D eigenvalue weighted by molar-refractivity contribution is -0.118. The lowest BCUT2D eigenvalue weighted by atomic mass is 10.1. The molecular weight excluding hydrogens is 280 g/mol. The molecule has 5 heteroatoms. The van der Waals surface area contributed by atoms with Crippen LogP contribution in [0.3, 0.4) is 0 Å². The Morgan fingerprint density at radius 3 is 2.57 bits per heavy atom. The second-order valence-corrected chi connectivity index (χ2v) is 12.8. The predicted octanol–water partition coefficient (Wildman–Crippen LogP) is 2.99. The molecule has 1 aliphatic rings. The van der Waals surface area contributed by atoms with Gasteiger partial charge in [-0.15, -0.1) is 0 Å². The summed E-state index contributed by atoms with van der Waals surface area (Å²) in [5.74, 6) is 0.315. The zero-order valence-electron chi connectivity index (χ0n) is 14.6. The summed E-state index contributed by atoms with van der Waals surface area (Å²) in [5.41, 5.74) is 5.26. The molecule has 1 atom stereocenters. The first-order chi connectivity index (χ1) is 9.62. The van der Waals surface area contributed by atoms with Gasteiger partial charge >= 0.3 is 0 Å². The first-order valence-corrected chi connectivity index (χ1v) is 11.2. The van der Waals surface area contributed by atoms with Crippen LogP contribution in [-0.2, 0) is 9.22 Å². The molecule has 4 nitrogen and oxygen atoms in total. The lowest BCUT2D eigenvalue weighted by Gasteiger charge is -2.36. The van der Waals surface area contributed by atoms with Crippen molar-refractivity contribution in [2.75, 3.05) is 26.2 Å². The Kier molecular flexibility index (Phi) is 6.88. The first-order valence-electron chi connectivity index (χ1n) is 8.26. The van der Waals surface area contributed by atoms with Gasteiger partial charge in [0.2, 0.25) is 5.91 Å². The maximum absolute atomic E-state index is 10.9. The van der Waals surface area contributed by atoms with E-state index in [9.17, 15) is 4.79 Å². The minimum absolute atomic E-state index is 0.162. The Hall–Kier alpha value is -0.393. The number of carbonyl (C=O) groups is 1. The largest absolute Gasteiger partial charge is 0.417 e. The van der Waals surface area contributed by atoms with Crippen molar-refractivity contribution < 1.29 is 9.22 Å². The van der Waals surface area contributed by atoms with Gasteiger partial charge in [-0.25, -0.2) is 0 Å². The zero-order chi connectivity index (χ0) is 16.1. The molecule has 0 saturated carbocycles. The Balaban J connectivity index is 2.12. The topological polar surface area (TPSA) is 55.6 Å². The van der Waals surface area contributed by atoms with Crippen LogP contribution in [0, 0.1) is 5.92 Å². The van der Waals surface area contributed by atoms with Gasteiger partial charge in [0.1, 0.15) is 0 Å². The van der Waals surface area contributed by atoms with Crippen molar-refractivity contribution in [3.8, 4) is 0 Å². The standard InChI is InChI=1S/C16H34N2O2Si/c1-16(2,3)21(4,5)20-11-7-6-9-18-10-8-14(13-18)12-15(17)19/h14H,6-13H2,1-5H3,(H2,17,19). The normalized spacial score (nSPS) is 20.9. The highest BCUT2D eigenvalue weighted by molar-refractivity contribution is 6.74. The monoisotopic (exact) mass is 314 g/mol. The van der Waals surface area contributed by atoms with Crippen LogP contribution in [0.25, 0.3) is 0 Å². The molecule has 0 radical (unpaired) electrons. The quantitative estimate of drug-likeness (QED) is 0.553. The number of hydrogen-bond acceptors (Lipinski definition) is 3. The molecule has 0 aromatic heterocycles. The molecule has 0 aromatic carbocycles. The molecule has 1 rings (SSSR count). The Bertz CT molecular complexity index is 340. The lowest BCUT2D eigenvalue weighted by Crippen LogP contribution is -2.41. The smallest absolute Gasteiger partial charge is 0.217 e. The fourth-order valence-corrected chi connectivity index (χ4v) is 3.64. The molecule has 0 aromatic rings. The van der Waals surface area contributed by atoms with Crippen LogP contribution in [0.2, 0.25) is 18.1 Å². The summed E-state index contributed by atoms with van der Waals surface area (Å²) in [7, 11) is -1.58. The van der Waals surface area contributed by atoms with Crippen molar-refractivity contribution in [3.05, 3.63) is 0 Å². The highest BCUT2D eigenvalue weighted by Gasteiger charge is 2.36. The van der Waals surface area contributed by atoms with Gasteiger partial charge in [-0.05, 0) is 56.4 Å². The van der Waals surface area contributed by atoms with Gasteiger partial charge in [-0.1, -0.05) is 20.8 Å². The van der Waals surface area contributed by atoms with Crippen molar-refractivity contribution in [3.63, 3.8) is 0 Å². The van der Waals surface area contributed by atoms with E-state index in [1.54, 1.807) is 0 Å². The molecule has 2 N–H and O–H groups in total.